The highest BCUT2D eigenvalue weighted by atomic mass is 35.5. The Morgan fingerprint density at radius 1 is 1.19 bits per heavy atom. The van der Waals surface area contributed by atoms with E-state index in [0.29, 0.717) is 18.0 Å². The topological polar surface area (TPSA) is 84.5 Å². The average molecular weight is 397 g/mol. The molecule has 0 unspecified atom stereocenters. The molecule has 2 N–H and O–H groups in total. The Labute approximate surface area is 158 Å². The molecular weight excluding hydrogens is 376 g/mol. The first-order chi connectivity index (χ1) is 12.2. The van der Waals surface area contributed by atoms with Crippen LogP contribution in [0.2, 0.25) is 5.02 Å². The number of ether oxygens (including phenoxy) is 1. The molecule has 0 saturated heterocycles. The smallest absolute Gasteiger partial charge is 0.242 e. The second-order valence-corrected chi connectivity index (χ2v) is 7.84. The van der Waals surface area contributed by atoms with E-state index in [-0.39, 0.29) is 9.92 Å². The van der Waals surface area contributed by atoms with Crippen LogP contribution in [-0.4, -0.2) is 27.0 Å². The Morgan fingerprint density at radius 2 is 1.85 bits per heavy atom. The van der Waals surface area contributed by atoms with Crippen molar-refractivity contribution in [2.24, 2.45) is 0 Å². The number of hydrogen-bond acceptors (Lipinski definition) is 4. The third kappa shape index (κ3) is 5.20. The third-order valence-corrected chi connectivity index (χ3v) is 5.39. The van der Waals surface area contributed by atoms with E-state index < -0.39 is 22.0 Å². The van der Waals surface area contributed by atoms with Gasteiger partial charge in [0, 0.05) is 5.69 Å². The summed E-state index contributed by atoms with van der Waals surface area (Å²) in [5.74, 6) is -0.0623. The number of carbonyl (C=O) groups is 1. The standard InChI is InChI=1S/C18H21ClN2O4S/c1-4-25-17-10-9-15(11-16(17)19)26(23,24)21-13(3)18(22)20-14-7-5-12(2)6-8-14/h5-11,13,21H,4H2,1-3H3,(H,20,22)/t13-/m0/s1. The molecule has 0 heterocycles. The monoisotopic (exact) mass is 396 g/mol. The Balaban J connectivity index is 2.08. The van der Waals surface area contributed by atoms with E-state index >= 15 is 0 Å². The molecule has 1 atom stereocenters. The van der Waals surface area contributed by atoms with E-state index in [1.165, 1.54) is 25.1 Å². The molecule has 0 saturated carbocycles. The number of anilines is 1. The molecule has 0 aliphatic carbocycles. The minimum atomic E-state index is -3.91. The van der Waals surface area contributed by atoms with Gasteiger partial charge in [-0.25, -0.2) is 8.42 Å². The molecule has 2 aromatic rings. The van der Waals surface area contributed by atoms with E-state index in [1.807, 2.05) is 19.1 Å². The average Bonchev–Trinajstić information content (AvgIpc) is 2.58. The van der Waals surface area contributed by atoms with Gasteiger partial charge in [0.1, 0.15) is 5.75 Å². The maximum absolute atomic E-state index is 12.5. The van der Waals surface area contributed by atoms with Gasteiger partial charge in [-0.1, -0.05) is 29.3 Å². The van der Waals surface area contributed by atoms with E-state index in [4.69, 9.17) is 16.3 Å². The van der Waals surface area contributed by atoms with Gasteiger partial charge in [-0.3, -0.25) is 4.79 Å². The van der Waals surface area contributed by atoms with Crippen LogP contribution in [0.15, 0.2) is 47.4 Å². The number of hydrogen-bond donors (Lipinski definition) is 2. The predicted octanol–water partition coefficient (Wildman–Crippen LogP) is 3.35. The van der Waals surface area contributed by atoms with Crippen molar-refractivity contribution >= 4 is 33.2 Å². The Hall–Kier alpha value is -2.09. The molecular formula is C18H21ClN2O4S. The molecule has 6 nitrogen and oxygen atoms in total. The zero-order valence-electron chi connectivity index (χ0n) is 14.7. The number of sulfonamides is 1. The molecule has 2 aromatic carbocycles. The van der Waals surface area contributed by atoms with Crippen LogP contribution in [0, 0.1) is 6.92 Å². The molecule has 0 radical (unpaired) electrons. The minimum Gasteiger partial charge on any atom is -0.492 e. The number of aryl methyl sites for hydroxylation is 1. The fraction of sp³-hybridized carbons (Fsp3) is 0.278. The molecule has 2 rings (SSSR count). The van der Waals surface area contributed by atoms with Crippen molar-refractivity contribution in [2.75, 3.05) is 11.9 Å². The lowest BCUT2D eigenvalue weighted by atomic mass is 10.2. The van der Waals surface area contributed by atoms with Gasteiger partial charge in [-0.2, -0.15) is 4.72 Å². The number of benzene rings is 2. The van der Waals surface area contributed by atoms with Crippen LogP contribution < -0.4 is 14.8 Å². The normalized spacial score (nSPS) is 12.5. The number of nitrogens with one attached hydrogen (secondary N) is 2. The van der Waals surface area contributed by atoms with E-state index in [1.54, 1.807) is 19.1 Å². The first kappa shape index (κ1) is 20.2. The summed E-state index contributed by atoms with van der Waals surface area (Å²) in [6, 6.07) is 10.4. The van der Waals surface area contributed by atoms with Crippen molar-refractivity contribution in [2.45, 2.75) is 31.7 Å². The summed E-state index contributed by atoms with van der Waals surface area (Å²) < 4.78 is 32.6. The van der Waals surface area contributed by atoms with Gasteiger partial charge in [0.2, 0.25) is 15.9 Å². The van der Waals surface area contributed by atoms with Gasteiger partial charge in [-0.15, -0.1) is 0 Å². The van der Waals surface area contributed by atoms with Crippen LogP contribution in [0.25, 0.3) is 0 Å². The minimum absolute atomic E-state index is 0.0408. The lowest BCUT2D eigenvalue weighted by Crippen LogP contribution is -2.41. The second kappa shape index (κ2) is 8.53. The molecule has 0 bridgehead atoms. The molecule has 0 aliphatic heterocycles. The number of carbonyl (C=O) groups excluding carboxylic acids is 1. The van der Waals surface area contributed by atoms with Crippen molar-refractivity contribution in [1.82, 2.24) is 4.72 Å². The van der Waals surface area contributed by atoms with Gasteiger partial charge in [0.05, 0.1) is 22.6 Å². The van der Waals surface area contributed by atoms with Gasteiger partial charge >= 0.3 is 0 Å². The first-order valence-corrected chi connectivity index (χ1v) is 9.91. The molecule has 140 valence electrons. The lowest BCUT2D eigenvalue weighted by Gasteiger charge is -2.15. The molecule has 1 amide bonds. The summed E-state index contributed by atoms with van der Waals surface area (Å²) in [5.41, 5.74) is 1.65. The fourth-order valence-corrected chi connectivity index (χ4v) is 3.69. The first-order valence-electron chi connectivity index (χ1n) is 8.05. The van der Waals surface area contributed by atoms with Crippen molar-refractivity contribution in [1.29, 1.82) is 0 Å². The van der Waals surface area contributed by atoms with Crippen LogP contribution in [0.4, 0.5) is 5.69 Å². The summed E-state index contributed by atoms with van der Waals surface area (Å²) in [6.45, 7) is 5.62. The zero-order chi connectivity index (χ0) is 19.3. The summed E-state index contributed by atoms with van der Waals surface area (Å²) in [6.07, 6.45) is 0. The molecule has 0 aliphatic rings. The van der Waals surface area contributed by atoms with Crippen LogP contribution in [0.5, 0.6) is 5.75 Å². The highest BCUT2D eigenvalue weighted by Crippen LogP contribution is 2.27. The van der Waals surface area contributed by atoms with Crippen molar-refractivity contribution in [3.8, 4) is 5.75 Å². The Morgan fingerprint density at radius 3 is 2.42 bits per heavy atom. The molecule has 0 fully saturated rings. The van der Waals surface area contributed by atoms with Gasteiger partial charge in [-0.05, 0) is 51.1 Å². The second-order valence-electron chi connectivity index (χ2n) is 5.72. The van der Waals surface area contributed by atoms with E-state index in [0.717, 1.165) is 5.56 Å². The van der Waals surface area contributed by atoms with Crippen molar-refractivity contribution < 1.29 is 17.9 Å². The quantitative estimate of drug-likeness (QED) is 0.751. The maximum atomic E-state index is 12.5. The van der Waals surface area contributed by atoms with Crippen molar-refractivity contribution in [3.63, 3.8) is 0 Å². The number of halogens is 1. The molecule has 8 heteroatoms. The highest BCUT2D eigenvalue weighted by Gasteiger charge is 2.23. The van der Waals surface area contributed by atoms with Gasteiger partial charge < -0.3 is 10.1 Å². The third-order valence-electron chi connectivity index (χ3n) is 3.56. The van der Waals surface area contributed by atoms with Crippen LogP contribution >= 0.6 is 11.6 Å². The Bertz CT molecular complexity index is 883. The van der Waals surface area contributed by atoms with Gasteiger partial charge in [0.15, 0.2) is 0 Å². The number of amides is 1. The van der Waals surface area contributed by atoms with Crippen LogP contribution in [-0.2, 0) is 14.8 Å². The van der Waals surface area contributed by atoms with Gasteiger partial charge in [0.25, 0.3) is 0 Å². The highest BCUT2D eigenvalue weighted by molar-refractivity contribution is 7.89. The maximum Gasteiger partial charge on any atom is 0.242 e. The van der Waals surface area contributed by atoms with E-state index in [2.05, 4.69) is 10.0 Å². The predicted molar refractivity (Wildman–Crippen MR) is 102 cm³/mol. The lowest BCUT2D eigenvalue weighted by molar-refractivity contribution is -0.117. The summed E-state index contributed by atoms with van der Waals surface area (Å²) in [4.78, 5) is 12.2. The van der Waals surface area contributed by atoms with Crippen molar-refractivity contribution in [3.05, 3.63) is 53.1 Å². The Kier molecular flexibility index (Phi) is 6.63. The molecule has 0 aromatic heterocycles. The zero-order valence-corrected chi connectivity index (χ0v) is 16.3. The largest absolute Gasteiger partial charge is 0.492 e. The SMILES string of the molecule is CCOc1ccc(S(=O)(=O)N[C@@H](C)C(=O)Nc2ccc(C)cc2)cc1Cl. The fourth-order valence-electron chi connectivity index (χ4n) is 2.16. The number of rotatable bonds is 7. The molecule has 0 spiro atoms. The van der Waals surface area contributed by atoms with Crippen LogP contribution in [0.3, 0.4) is 0 Å². The molecule has 26 heavy (non-hydrogen) atoms. The van der Waals surface area contributed by atoms with Crippen LogP contribution in [0.1, 0.15) is 19.4 Å². The summed E-state index contributed by atoms with van der Waals surface area (Å²) in [7, 11) is -3.91. The van der Waals surface area contributed by atoms with E-state index in [9.17, 15) is 13.2 Å². The summed E-state index contributed by atoms with van der Waals surface area (Å²) in [5, 5.41) is 2.85. The summed E-state index contributed by atoms with van der Waals surface area (Å²) >= 11 is 6.04.